The Morgan fingerprint density at radius 1 is 1.12 bits per heavy atom. The Labute approximate surface area is 191 Å². The maximum absolute atomic E-state index is 13.5. The Hall–Kier alpha value is -3.28. The smallest absolute Gasteiger partial charge is 0.416 e. The van der Waals surface area contributed by atoms with Gasteiger partial charge in [0.15, 0.2) is 0 Å². The monoisotopic (exact) mass is 479 g/mol. The van der Waals surface area contributed by atoms with Crippen molar-refractivity contribution in [1.82, 2.24) is 10.3 Å². The summed E-state index contributed by atoms with van der Waals surface area (Å²) >= 11 is 11.9. The molecular weight excluding hydrogens is 466 g/mol. The molecule has 1 heterocycles. The van der Waals surface area contributed by atoms with Gasteiger partial charge in [-0.2, -0.15) is 18.4 Å². The normalized spacial score (nSPS) is 11.0. The van der Waals surface area contributed by atoms with Crippen LogP contribution in [0.5, 0.6) is 11.6 Å². The number of rotatable bonds is 6. The lowest BCUT2D eigenvalue weighted by Crippen LogP contribution is -2.24. The number of pyridine rings is 1. The largest absolute Gasteiger partial charge is 0.437 e. The van der Waals surface area contributed by atoms with Gasteiger partial charge in [-0.15, -0.1) is 0 Å². The number of carbonyl (C=O) groups is 1. The highest BCUT2D eigenvalue weighted by Crippen LogP contribution is 2.37. The number of nitrogens with one attached hydrogen (secondary N) is 1. The van der Waals surface area contributed by atoms with E-state index in [9.17, 15) is 18.0 Å². The average molecular weight is 480 g/mol. The van der Waals surface area contributed by atoms with Gasteiger partial charge in [0.25, 0.3) is 5.91 Å². The highest BCUT2D eigenvalue weighted by atomic mass is 35.5. The first kappa shape index (κ1) is 23.4. The molecular formula is C22H14Cl2F3N3O2. The average Bonchev–Trinajstić information content (AvgIpc) is 2.75. The second-order valence-electron chi connectivity index (χ2n) is 6.50. The molecule has 0 atom stereocenters. The number of hydrogen-bond donors (Lipinski definition) is 1. The van der Waals surface area contributed by atoms with Crippen molar-refractivity contribution in [2.45, 2.75) is 12.6 Å². The Kier molecular flexibility index (Phi) is 7.23. The molecule has 0 aliphatic heterocycles. The summed E-state index contributed by atoms with van der Waals surface area (Å²) in [6, 6.07) is 13.8. The van der Waals surface area contributed by atoms with Gasteiger partial charge < -0.3 is 10.1 Å². The molecule has 0 spiro atoms. The van der Waals surface area contributed by atoms with Crippen LogP contribution in [0.3, 0.4) is 0 Å². The predicted octanol–water partition coefficient (Wildman–Crippen LogP) is 6.51. The van der Waals surface area contributed by atoms with E-state index >= 15 is 0 Å². The lowest BCUT2D eigenvalue weighted by molar-refractivity contribution is -0.137. The van der Waals surface area contributed by atoms with E-state index < -0.39 is 17.6 Å². The van der Waals surface area contributed by atoms with E-state index in [4.69, 9.17) is 33.2 Å². The zero-order chi connectivity index (χ0) is 23.3. The SMILES string of the molecule is N#CCCNC(=O)c1cccc(-c2cc(C(F)(F)F)cc(Oc3ccc(Cl)cc3Cl)n2)c1. The molecule has 0 bridgehead atoms. The molecule has 0 fully saturated rings. The highest BCUT2D eigenvalue weighted by molar-refractivity contribution is 6.35. The van der Waals surface area contributed by atoms with Crippen LogP contribution in [0.2, 0.25) is 10.0 Å². The van der Waals surface area contributed by atoms with Crippen LogP contribution in [0.1, 0.15) is 22.3 Å². The molecule has 32 heavy (non-hydrogen) atoms. The summed E-state index contributed by atoms with van der Waals surface area (Å²) in [6.07, 6.45) is -4.53. The van der Waals surface area contributed by atoms with Gasteiger partial charge in [0, 0.05) is 28.8 Å². The van der Waals surface area contributed by atoms with Gasteiger partial charge in [0.05, 0.1) is 28.8 Å². The van der Waals surface area contributed by atoms with Crippen LogP contribution < -0.4 is 10.1 Å². The fourth-order valence-corrected chi connectivity index (χ4v) is 3.14. The van der Waals surface area contributed by atoms with Crippen molar-refractivity contribution < 1.29 is 22.7 Å². The minimum Gasteiger partial charge on any atom is -0.437 e. The Bertz CT molecular complexity index is 1190. The minimum atomic E-state index is -4.66. The summed E-state index contributed by atoms with van der Waals surface area (Å²) in [5.74, 6) is -0.708. The summed E-state index contributed by atoms with van der Waals surface area (Å²) in [5.41, 5.74) is -0.544. The van der Waals surface area contributed by atoms with Crippen LogP contribution in [-0.4, -0.2) is 17.4 Å². The molecule has 2 aromatic carbocycles. The molecule has 3 aromatic rings. The third-order valence-electron chi connectivity index (χ3n) is 4.18. The first-order valence-corrected chi connectivity index (χ1v) is 9.91. The molecule has 164 valence electrons. The van der Waals surface area contributed by atoms with Crippen molar-refractivity contribution in [2.75, 3.05) is 6.54 Å². The van der Waals surface area contributed by atoms with E-state index in [1.807, 2.05) is 6.07 Å². The number of alkyl halides is 3. The summed E-state index contributed by atoms with van der Waals surface area (Å²) in [4.78, 5) is 16.4. The van der Waals surface area contributed by atoms with E-state index in [-0.39, 0.29) is 46.4 Å². The van der Waals surface area contributed by atoms with E-state index in [0.29, 0.717) is 5.02 Å². The van der Waals surface area contributed by atoms with Gasteiger partial charge in [0.1, 0.15) is 5.75 Å². The fourth-order valence-electron chi connectivity index (χ4n) is 2.69. The molecule has 1 aromatic heterocycles. The highest BCUT2D eigenvalue weighted by Gasteiger charge is 2.32. The van der Waals surface area contributed by atoms with Crippen LogP contribution in [0.4, 0.5) is 13.2 Å². The Morgan fingerprint density at radius 2 is 1.91 bits per heavy atom. The van der Waals surface area contributed by atoms with Crippen molar-refractivity contribution >= 4 is 29.1 Å². The molecule has 10 heteroatoms. The number of benzene rings is 2. The molecule has 0 unspecified atom stereocenters. The van der Waals surface area contributed by atoms with Crippen molar-refractivity contribution in [3.8, 4) is 29.0 Å². The van der Waals surface area contributed by atoms with Crippen LogP contribution >= 0.6 is 23.2 Å². The molecule has 1 N–H and O–H groups in total. The van der Waals surface area contributed by atoms with Crippen LogP contribution in [-0.2, 0) is 6.18 Å². The topological polar surface area (TPSA) is 75.0 Å². The van der Waals surface area contributed by atoms with Crippen molar-refractivity contribution in [2.24, 2.45) is 0 Å². The summed E-state index contributed by atoms with van der Waals surface area (Å²) in [7, 11) is 0. The predicted molar refractivity (Wildman–Crippen MR) is 114 cm³/mol. The molecule has 0 saturated carbocycles. The summed E-state index contributed by atoms with van der Waals surface area (Å²) in [6.45, 7) is 0.154. The summed E-state index contributed by atoms with van der Waals surface area (Å²) < 4.78 is 46.0. The molecule has 0 aliphatic rings. The number of carbonyl (C=O) groups excluding carboxylic acids is 1. The number of ether oxygens (including phenoxy) is 1. The quantitative estimate of drug-likeness (QED) is 0.408. The Morgan fingerprint density at radius 3 is 2.59 bits per heavy atom. The van der Waals surface area contributed by atoms with E-state index in [0.717, 1.165) is 12.1 Å². The third-order valence-corrected chi connectivity index (χ3v) is 4.71. The first-order valence-electron chi connectivity index (χ1n) is 9.15. The van der Waals surface area contributed by atoms with Crippen LogP contribution in [0.15, 0.2) is 54.6 Å². The molecule has 0 radical (unpaired) electrons. The maximum Gasteiger partial charge on any atom is 0.416 e. The second-order valence-corrected chi connectivity index (χ2v) is 7.34. The lowest BCUT2D eigenvalue weighted by atomic mass is 10.1. The van der Waals surface area contributed by atoms with E-state index in [1.165, 1.54) is 42.5 Å². The number of nitriles is 1. The van der Waals surface area contributed by atoms with E-state index in [1.54, 1.807) is 0 Å². The van der Waals surface area contributed by atoms with Gasteiger partial charge >= 0.3 is 6.18 Å². The Balaban J connectivity index is 1.99. The minimum absolute atomic E-state index is 0.0495. The van der Waals surface area contributed by atoms with Crippen molar-refractivity contribution in [3.63, 3.8) is 0 Å². The lowest BCUT2D eigenvalue weighted by Gasteiger charge is -2.13. The third kappa shape index (κ3) is 5.90. The molecule has 5 nitrogen and oxygen atoms in total. The molecule has 3 rings (SSSR count). The van der Waals surface area contributed by atoms with Crippen molar-refractivity contribution in [1.29, 1.82) is 5.26 Å². The maximum atomic E-state index is 13.5. The number of amides is 1. The molecule has 1 amide bonds. The summed E-state index contributed by atoms with van der Waals surface area (Å²) in [5, 5.41) is 11.6. The number of nitrogens with zero attached hydrogens (tertiary/aromatic N) is 2. The van der Waals surface area contributed by atoms with Crippen LogP contribution in [0.25, 0.3) is 11.3 Å². The first-order chi connectivity index (χ1) is 15.2. The fraction of sp³-hybridized carbons (Fsp3) is 0.136. The standard InChI is InChI=1S/C22H14Cl2F3N3O2/c23-16-5-6-19(17(24)12-16)32-20-11-15(22(25,26)27)10-18(30-20)13-3-1-4-14(9-13)21(31)29-8-2-7-28/h1,3-6,9-12H,2,8H2,(H,29,31). The van der Waals surface area contributed by atoms with Gasteiger partial charge in [-0.25, -0.2) is 4.98 Å². The molecule has 0 aliphatic carbocycles. The van der Waals surface area contributed by atoms with Gasteiger partial charge in [-0.3, -0.25) is 4.79 Å². The van der Waals surface area contributed by atoms with Gasteiger partial charge in [-0.1, -0.05) is 35.3 Å². The zero-order valence-electron chi connectivity index (χ0n) is 16.2. The van der Waals surface area contributed by atoms with Crippen LogP contribution in [0, 0.1) is 11.3 Å². The van der Waals surface area contributed by atoms with E-state index in [2.05, 4.69) is 10.3 Å². The van der Waals surface area contributed by atoms with Gasteiger partial charge in [0.2, 0.25) is 5.88 Å². The number of halogens is 5. The molecule has 0 saturated heterocycles. The number of hydrogen-bond acceptors (Lipinski definition) is 4. The van der Waals surface area contributed by atoms with Gasteiger partial charge in [-0.05, 0) is 36.4 Å². The zero-order valence-corrected chi connectivity index (χ0v) is 17.7. The second kappa shape index (κ2) is 9.90. The van der Waals surface area contributed by atoms with Crippen molar-refractivity contribution in [3.05, 3.63) is 75.8 Å². The number of aromatic nitrogens is 1.